The Hall–Kier alpha value is -0.730. The van der Waals surface area contributed by atoms with Gasteiger partial charge in [-0.1, -0.05) is 13.8 Å². The average molecular weight is 184 g/mol. The van der Waals surface area contributed by atoms with E-state index in [1.54, 1.807) is 7.05 Å². The monoisotopic (exact) mass is 184 g/mol. The van der Waals surface area contributed by atoms with Crippen molar-refractivity contribution in [2.45, 2.75) is 33.1 Å². The van der Waals surface area contributed by atoms with Crippen molar-refractivity contribution < 1.29 is 4.79 Å². The van der Waals surface area contributed by atoms with Crippen LogP contribution in [0.5, 0.6) is 0 Å². The first-order valence-electron chi connectivity index (χ1n) is 5.02. The molecule has 0 unspecified atom stereocenters. The molecule has 1 saturated heterocycles. The van der Waals surface area contributed by atoms with E-state index in [2.05, 4.69) is 19.2 Å². The third-order valence-electron chi connectivity index (χ3n) is 2.84. The highest BCUT2D eigenvalue weighted by molar-refractivity contribution is 5.73. The summed E-state index contributed by atoms with van der Waals surface area (Å²) in [6, 6.07) is 0.0673. The molecular formula is C10H20N2O. The highest BCUT2D eigenvalue weighted by Crippen LogP contribution is 2.29. The number of rotatable bonds is 0. The van der Waals surface area contributed by atoms with Crippen molar-refractivity contribution >= 4 is 6.03 Å². The smallest absolute Gasteiger partial charge is 0.317 e. The van der Waals surface area contributed by atoms with Crippen LogP contribution in [0, 0.1) is 5.41 Å². The van der Waals surface area contributed by atoms with Crippen LogP contribution in [-0.2, 0) is 0 Å². The average Bonchev–Trinajstić information content (AvgIpc) is 2.25. The summed E-state index contributed by atoms with van der Waals surface area (Å²) in [4.78, 5) is 13.3. The van der Waals surface area contributed by atoms with Crippen molar-refractivity contribution in [3.8, 4) is 0 Å². The summed E-state index contributed by atoms with van der Waals surface area (Å²) in [6.07, 6.45) is 3.46. The van der Waals surface area contributed by atoms with Gasteiger partial charge in [0, 0.05) is 20.1 Å². The zero-order valence-electron chi connectivity index (χ0n) is 8.89. The third kappa shape index (κ3) is 2.90. The molecule has 0 atom stereocenters. The molecule has 0 aromatic rings. The second-order valence-electron chi connectivity index (χ2n) is 4.56. The number of nitrogens with one attached hydrogen (secondary N) is 1. The minimum absolute atomic E-state index is 0.0673. The summed E-state index contributed by atoms with van der Waals surface area (Å²) in [5.74, 6) is 0. The number of carbonyl (C=O) groups excluding carboxylic acids is 1. The molecule has 1 heterocycles. The fraction of sp³-hybridized carbons (Fsp3) is 0.900. The van der Waals surface area contributed by atoms with Crippen LogP contribution >= 0.6 is 0 Å². The Morgan fingerprint density at radius 3 is 2.62 bits per heavy atom. The van der Waals surface area contributed by atoms with Gasteiger partial charge in [0.05, 0.1) is 0 Å². The van der Waals surface area contributed by atoms with Gasteiger partial charge in [0.2, 0.25) is 0 Å². The fourth-order valence-electron chi connectivity index (χ4n) is 1.78. The lowest BCUT2D eigenvalue weighted by atomic mass is 9.85. The maximum atomic E-state index is 11.3. The minimum Gasteiger partial charge on any atom is -0.341 e. The van der Waals surface area contributed by atoms with E-state index < -0.39 is 0 Å². The molecule has 0 spiro atoms. The van der Waals surface area contributed by atoms with Gasteiger partial charge in [-0.2, -0.15) is 0 Å². The number of hydrogen-bond donors (Lipinski definition) is 1. The Labute approximate surface area is 80.5 Å². The molecule has 76 valence electrons. The van der Waals surface area contributed by atoms with Crippen LogP contribution in [0.4, 0.5) is 4.79 Å². The number of nitrogens with zero attached hydrogens (tertiary/aromatic N) is 1. The van der Waals surface area contributed by atoms with Gasteiger partial charge in [-0.25, -0.2) is 4.79 Å². The van der Waals surface area contributed by atoms with Crippen molar-refractivity contribution in [2.75, 3.05) is 20.1 Å². The van der Waals surface area contributed by atoms with Crippen molar-refractivity contribution in [2.24, 2.45) is 5.41 Å². The molecule has 1 aliphatic rings. The summed E-state index contributed by atoms with van der Waals surface area (Å²) in [7, 11) is 1.69. The van der Waals surface area contributed by atoms with E-state index in [4.69, 9.17) is 0 Å². The Bertz CT molecular complexity index is 189. The molecule has 0 bridgehead atoms. The van der Waals surface area contributed by atoms with Crippen LogP contribution in [-0.4, -0.2) is 31.1 Å². The van der Waals surface area contributed by atoms with E-state index in [9.17, 15) is 4.79 Å². The Balaban J connectivity index is 2.49. The van der Waals surface area contributed by atoms with Crippen LogP contribution in [0.1, 0.15) is 33.1 Å². The van der Waals surface area contributed by atoms with E-state index in [0.29, 0.717) is 5.41 Å². The summed E-state index contributed by atoms with van der Waals surface area (Å²) in [6.45, 7) is 6.36. The molecule has 13 heavy (non-hydrogen) atoms. The Kier molecular flexibility index (Phi) is 3.17. The summed E-state index contributed by atoms with van der Waals surface area (Å²) >= 11 is 0. The lowest BCUT2D eigenvalue weighted by Crippen LogP contribution is -2.38. The highest BCUT2D eigenvalue weighted by atomic mass is 16.2. The van der Waals surface area contributed by atoms with Crippen LogP contribution in [0.3, 0.4) is 0 Å². The standard InChI is InChI=1S/C10H20N2O/c1-10(2)5-4-7-12(8-6-10)9(13)11-3/h4-8H2,1-3H3,(H,11,13). The lowest BCUT2D eigenvalue weighted by Gasteiger charge is -2.23. The van der Waals surface area contributed by atoms with Gasteiger partial charge in [0.15, 0.2) is 0 Å². The second kappa shape index (κ2) is 3.99. The summed E-state index contributed by atoms with van der Waals surface area (Å²) in [5.41, 5.74) is 0.406. The van der Waals surface area contributed by atoms with E-state index in [1.165, 1.54) is 6.42 Å². The van der Waals surface area contributed by atoms with Crippen LogP contribution in [0.25, 0.3) is 0 Å². The molecule has 3 heteroatoms. The molecule has 1 fully saturated rings. The third-order valence-corrected chi connectivity index (χ3v) is 2.84. The molecule has 1 aliphatic heterocycles. The first-order chi connectivity index (χ1) is 6.05. The van der Waals surface area contributed by atoms with E-state index >= 15 is 0 Å². The number of carbonyl (C=O) groups is 1. The van der Waals surface area contributed by atoms with Gasteiger partial charge in [-0.15, -0.1) is 0 Å². The van der Waals surface area contributed by atoms with Gasteiger partial charge < -0.3 is 10.2 Å². The minimum atomic E-state index is 0.0673. The molecule has 1 N–H and O–H groups in total. The van der Waals surface area contributed by atoms with Crippen LogP contribution in [0.15, 0.2) is 0 Å². The predicted octanol–water partition coefficient (Wildman–Crippen LogP) is 1.84. The molecule has 0 aromatic heterocycles. The summed E-state index contributed by atoms with van der Waals surface area (Å²) < 4.78 is 0. The first-order valence-corrected chi connectivity index (χ1v) is 5.02. The highest BCUT2D eigenvalue weighted by Gasteiger charge is 2.24. The SMILES string of the molecule is CNC(=O)N1CCCC(C)(C)CC1. The van der Waals surface area contributed by atoms with E-state index in [1.807, 2.05) is 4.90 Å². The number of amides is 2. The van der Waals surface area contributed by atoms with E-state index in [0.717, 1.165) is 25.9 Å². The molecule has 0 saturated carbocycles. The van der Waals surface area contributed by atoms with Crippen molar-refractivity contribution in [3.63, 3.8) is 0 Å². The Morgan fingerprint density at radius 2 is 2.00 bits per heavy atom. The van der Waals surface area contributed by atoms with Gasteiger partial charge in [0.25, 0.3) is 0 Å². The predicted molar refractivity (Wildman–Crippen MR) is 53.7 cm³/mol. The van der Waals surface area contributed by atoms with Crippen LogP contribution in [0.2, 0.25) is 0 Å². The van der Waals surface area contributed by atoms with E-state index in [-0.39, 0.29) is 6.03 Å². The molecule has 2 amide bonds. The molecule has 3 nitrogen and oxygen atoms in total. The van der Waals surface area contributed by atoms with Crippen LogP contribution < -0.4 is 5.32 Å². The zero-order valence-corrected chi connectivity index (χ0v) is 8.89. The van der Waals surface area contributed by atoms with Gasteiger partial charge in [-0.05, 0) is 24.7 Å². The van der Waals surface area contributed by atoms with Crippen molar-refractivity contribution in [3.05, 3.63) is 0 Å². The van der Waals surface area contributed by atoms with Crippen molar-refractivity contribution in [1.82, 2.24) is 10.2 Å². The topological polar surface area (TPSA) is 32.3 Å². The number of urea groups is 1. The van der Waals surface area contributed by atoms with Gasteiger partial charge in [0.1, 0.15) is 0 Å². The normalized spacial score (nSPS) is 22.2. The molecule has 0 aromatic carbocycles. The number of likely N-dealkylation sites (tertiary alicyclic amines) is 1. The maximum Gasteiger partial charge on any atom is 0.317 e. The van der Waals surface area contributed by atoms with Gasteiger partial charge in [-0.3, -0.25) is 0 Å². The fourth-order valence-corrected chi connectivity index (χ4v) is 1.78. The first kappa shape index (κ1) is 10.4. The molecule has 0 radical (unpaired) electrons. The Morgan fingerprint density at radius 1 is 1.31 bits per heavy atom. The number of hydrogen-bond acceptors (Lipinski definition) is 1. The lowest BCUT2D eigenvalue weighted by molar-refractivity contribution is 0.199. The largest absolute Gasteiger partial charge is 0.341 e. The zero-order chi connectivity index (χ0) is 9.90. The maximum absolute atomic E-state index is 11.3. The molecule has 1 rings (SSSR count). The molecule has 0 aliphatic carbocycles. The second-order valence-corrected chi connectivity index (χ2v) is 4.56. The molecular weight excluding hydrogens is 164 g/mol. The summed E-state index contributed by atoms with van der Waals surface area (Å²) in [5, 5.41) is 2.68. The van der Waals surface area contributed by atoms with Crippen molar-refractivity contribution in [1.29, 1.82) is 0 Å². The quantitative estimate of drug-likeness (QED) is 0.612. The van der Waals surface area contributed by atoms with Gasteiger partial charge >= 0.3 is 6.03 Å².